The predicted octanol–water partition coefficient (Wildman–Crippen LogP) is 2.81. The summed E-state index contributed by atoms with van der Waals surface area (Å²) in [5.41, 5.74) is 7.01. The first kappa shape index (κ1) is 20.5. The van der Waals surface area contributed by atoms with Crippen LogP contribution in [0.1, 0.15) is 33.1 Å². The van der Waals surface area contributed by atoms with Gasteiger partial charge in [0.1, 0.15) is 5.69 Å². The molecular formula is C19H33N5O2. The van der Waals surface area contributed by atoms with Crippen LogP contribution in [0.3, 0.4) is 0 Å². The molecule has 1 aromatic carbocycles. The highest BCUT2D eigenvalue weighted by Crippen LogP contribution is 2.27. The maximum Gasteiger partial charge on any atom is 0.292 e. The van der Waals surface area contributed by atoms with Gasteiger partial charge in [0, 0.05) is 37.9 Å². The van der Waals surface area contributed by atoms with E-state index in [2.05, 4.69) is 28.5 Å². The number of nitrogens with two attached hydrogens (primary N) is 1. The van der Waals surface area contributed by atoms with Crippen LogP contribution in [0.2, 0.25) is 0 Å². The minimum Gasteiger partial charge on any atom is -0.393 e. The van der Waals surface area contributed by atoms with Gasteiger partial charge in [0.25, 0.3) is 5.69 Å². The molecule has 2 rings (SSSR count). The van der Waals surface area contributed by atoms with E-state index < -0.39 is 4.92 Å². The van der Waals surface area contributed by atoms with E-state index in [0.717, 1.165) is 38.4 Å². The van der Waals surface area contributed by atoms with Crippen molar-refractivity contribution >= 4 is 17.1 Å². The Morgan fingerprint density at radius 1 is 1.12 bits per heavy atom. The number of benzene rings is 1. The first-order chi connectivity index (χ1) is 12.5. The lowest BCUT2D eigenvalue weighted by Crippen LogP contribution is -2.47. The topological polar surface area (TPSA) is 78.9 Å². The molecule has 0 aromatic heterocycles. The lowest BCUT2D eigenvalue weighted by atomic mass is 10.2. The van der Waals surface area contributed by atoms with Crippen LogP contribution in [0.5, 0.6) is 0 Å². The van der Waals surface area contributed by atoms with Gasteiger partial charge in [-0.2, -0.15) is 0 Å². The van der Waals surface area contributed by atoms with E-state index in [0.29, 0.717) is 0 Å². The van der Waals surface area contributed by atoms with Crippen LogP contribution in [0.25, 0.3) is 0 Å². The summed E-state index contributed by atoms with van der Waals surface area (Å²) >= 11 is 0. The number of nitro benzene ring substituents is 1. The van der Waals surface area contributed by atoms with Crippen LogP contribution >= 0.6 is 0 Å². The van der Waals surface area contributed by atoms with Gasteiger partial charge in [-0.15, -0.1) is 0 Å². The van der Waals surface area contributed by atoms with Crippen molar-refractivity contribution in [2.24, 2.45) is 0 Å². The fraction of sp³-hybridized carbons (Fsp3) is 0.684. The average Bonchev–Trinajstić information content (AvgIpc) is 2.62. The van der Waals surface area contributed by atoms with E-state index in [4.69, 9.17) is 5.73 Å². The summed E-state index contributed by atoms with van der Waals surface area (Å²) in [5.74, 6) is 0. The number of anilines is 2. The van der Waals surface area contributed by atoms with Crippen molar-refractivity contribution in [3.8, 4) is 0 Å². The van der Waals surface area contributed by atoms with Crippen LogP contribution in [0.15, 0.2) is 18.2 Å². The molecule has 7 nitrogen and oxygen atoms in total. The number of hydrogen-bond donors (Lipinski definition) is 1. The van der Waals surface area contributed by atoms with Crippen molar-refractivity contribution < 1.29 is 4.92 Å². The highest BCUT2D eigenvalue weighted by Gasteiger charge is 2.19. The van der Waals surface area contributed by atoms with Crippen LogP contribution in [-0.4, -0.2) is 67.1 Å². The predicted molar refractivity (Wildman–Crippen MR) is 108 cm³/mol. The number of nitrogen functional groups attached to an aromatic ring is 1. The zero-order chi connectivity index (χ0) is 18.9. The quantitative estimate of drug-likeness (QED) is 0.391. The standard InChI is InChI=1S/C19H33N5O2/c1-3-8-21(9-4-2)10-5-11-22-12-14-23(15-13-22)17-6-7-19(24(25)26)18(20)16-17/h6-7,16H,3-5,8-15,20H2,1-2H3. The average molecular weight is 364 g/mol. The molecule has 0 amide bonds. The van der Waals surface area contributed by atoms with Gasteiger partial charge in [-0.1, -0.05) is 13.8 Å². The van der Waals surface area contributed by atoms with Crippen LogP contribution in [0, 0.1) is 10.1 Å². The Hall–Kier alpha value is -1.86. The minimum atomic E-state index is -0.433. The molecule has 0 bridgehead atoms. The van der Waals surface area contributed by atoms with E-state index in [1.165, 1.54) is 45.0 Å². The Bertz CT molecular complexity index is 567. The van der Waals surface area contributed by atoms with Gasteiger partial charge in [-0.05, 0) is 57.6 Å². The summed E-state index contributed by atoms with van der Waals surface area (Å²) in [6.45, 7) is 13.1. The zero-order valence-corrected chi connectivity index (χ0v) is 16.2. The fourth-order valence-corrected chi connectivity index (χ4v) is 3.62. The van der Waals surface area contributed by atoms with Crippen molar-refractivity contribution in [2.45, 2.75) is 33.1 Å². The van der Waals surface area contributed by atoms with Gasteiger partial charge in [0.2, 0.25) is 0 Å². The third-order valence-corrected chi connectivity index (χ3v) is 4.97. The molecule has 0 saturated carbocycles. The van der Waals surface area contributed by atoms with Gasteiger partial charge < -0.3 is 15.5 Å². The Morgan fingerprint density at radius 2 is 1.77 bits per heavy atom. The van der Waals surface area contributed by atoms with Gasteiger partial charge >= 0.3 is 0 Å². The first-order valence-corrected chi connectivity index (χ1v) is 9.78. The molecule has 0 unspecified atom stereocenters. The molecule has 0 atom stereocenters. The fourth-order valence-electron chi connectivity index (χ4n) is 3.62. The Balaban J connectivity index is 1.76. The molecule has 1 aromatic rings. The normalized spacial score (nSPS) is 15.6. The molecule has 0 aliphatic carbocycles. The summed E-state index contributed by atoms with van der Waals surface area (Å²) < 4.78 is 0. The molecule has 146 valence electrons. The van der Waals surface area contributed by atoms with Crippen LogP contribution in [-0.2, 0) is 0 Å². The first-order valence-electron chi connectivity index (χ1n) is 9.78. The smallest absolute Gasteiger partial charge is 0.292 e. The third-order valence-electron chi connectivity index (χ3n) is 4.97. The molecule has 7 heteroatoms. The number of rotatable bonds is 10. The van der Waals surface area contributed by atoms with Crippen LogP contribution in [0.4, 0.5) is 17.1 Å². The molecular weight excluding hydrogens is 330 g/mol. The Morgan fingerprint density at radius 3 is 2.31 bits per heavy atom. The monoisotopic (exact) mass is 363 g/mol. The van der Waals surface area contributed by atoms with Crippen LogP contribution < -0.4 is 10.6 Å². The van der Waals surface area contributed by atoms with Gasteiger partial charge in [0.05, 0.1) is 4.92 Å². The van der Waals surface area contributed by atoms with Crippen molar-refractivity contribution in [2.75, 3.05) is 63.0 Å². The largest absolute Gasteiger partial charge is 0.393 e. The molecule has 1 fully saturated rings. The van der Waals surface area contributed by atoms with Crippen molar-refractivity contribution in [1.82, 2.24) is 9.80 Å². The van der Waals surface area contributed by atoms with Crippen molar-refractivity contribution in [1.29, 1.82) is 0 Å². The third kappa shape index (κ3) is 5.85. The SMILES string of the molecule is CCCN(CCC)CCCN1CCN(c2ccc([N+](=O)[O-])c(N)c2)CC1. The molecule has 1 aliphatic heterocycles. The molecule has 26 heavy (non-hydrogen) atoms. The second-order valence-electron chi connectivity index (χ2n) is 7.02. The summed E-state index contributed by atoms with van der Waals surface area (Å²) in [4.78, 5) is 17.8. The molecule has 0 radical (unpaired) electrons. The summed E-state index contributed by atoms with van der Waals surface area (Å²) in [6.07, 6.45) is 3.65. The Labute approximate surface area is 156 Å². The number of piperazine rings is 1. The van der Waals surface area contributed by atoms with E-state index in [1.54, 1.807) is 12.1 Å². The summed E-state index contributed by atoms with van der Waals surface area (Å²) in [5, 5.41) is 10.9. The van der Waals surface area contributed by atoms with Gasteiger partial charge in [-0.25, -0.2) is 0 Å². The molecule has 0 spiro atoms. The number of nitro groups is 1. The lowest BCUT2D eigenvalue weighted by molar-refractivity contribution is -0.383. The van der Waals surface area contributed by atoms with Gasteiger partial charge in [-0.3, -0.25) is 15.0 Å². The second-order valence-corrected chi connectivity index (χ2v) is 7.02. The highest BCUT2D eigenvalue weighted by molar-refractivity contribution is 5.66. The summed E-state index contributed by atoms with van der Waals surface area (Å²) in [6, 6.07) is 5.03. The van der Waals surface area contributed by atoms with Crippen molar-refractivity contribution in [3.05, 3.63) is 28.3 Å². The molecule has 2 N–H and O–H groups in total. The lowest BCUT2D eigenvalue weighted by Gasteiger charge is -2.36. The highest BCUT2D eigenvalue weighted by atomic mass is 16.6. The van der Waals surface area contributed by atoms with E-state index in [1.807, 2.05) is 0 Å². The van der Waals surface area contributed by atoms with E-state index in [-0.39, 0.29) is 11.4 Å². The maximum absolute atomic E-state index is 10.9. The second kappa shape index (κ2) is 10.3. The number of nitrogens with zero attached hydrogens (tertiary/aromatic N) is 4. The Kier molecular flexibility index (Phi) is 8.12. The van der Waals surface area contributed by atoms with E-state index in [9.17, 15) is 10.1 Å². The zero-order valence-electron chi connectivity index (χ0n) is 16.2. The van der Waals surface area contributed by atoms with Gasteiger partial charge in [0.15, 0.2) is 0 Å². The molecule has 1 saturated heterocycles. The minimum absolute atomic E-state index is 0.0175. The maximum atomic E-state index is 10.9. The number of hydrogen-bond acceptors (Lipinski definition) is 6. The summed E-state index contributed by atoms with van der Waals surface area (Å²) in [7, 11) is 0. The van der Waals surface area contributed by atoms with Crippen molar-refractivity contribution in [3.63, 3.8) is 0 Å². The molecule has 1 heterocycles. The van der Waals surface area contributed by atoms with E-state index >= 15 is 0 Å². The molecule has 1 aliphatic rings.